The Labute approximate surface area is 234 Å². The lowest BCUT2D eigenvalue weighted by Crippen LogP contribution is -2.56. The number of amides is 1. The number of hydrogen-bond donors (Lipinski definition) is 0. The Morgan fingerprint density at radius 2 is 1.87 bits per heavy atom. The van der Waals surface area contributed by atoms with Gasteiger partial charge in [-0.25, -0.2) is 14.8 Å². The second kappa shape index (κ2) is 9.87. The molecule has 10 nitrogen and oxygen atoms in total. The normalized spacial score (nSPS) is 30.4. The number of aromatic nitrogens is 3. The number of rotatable bonds is 4. The fraction of sp³-hybridized carbons (Fsp3) is 0.750. The summed E-state index contributed by atoms with van der Waals surface area (Å²) in [7, 11) is 0. The summed E-state index contributed by atoms with van der Waals surface area (Å²) in [6.07, 6.45) is 8.74. The minimum Gasteiger partial charge on any atom is -0.444 e. The van der Waals surface area contributed by atoms with Crippen molar-refractivity contribution in [3.8, 4) is 0 Å². The highest BCUT2D eigenvalue weighted by atomic mass is 32.2. The largest absolute Gasteiger partial charge is 0.444 e. The SMILES string of the molecule is CSc1ncnc2c1ccn2[C@@H]1O[C@H](CN2CCCC23CCN(C(=O)OC(C)(C)C)CC3)[C@H]2OC(C)(C)O[C@H]21. The highest BCUT2D eigenvalue weighted by molar-refractivity contribution is 7.98. The average Bonchev–Trinajstić information content (AvgIpc) is 3.61. The van der Waals surface area contributed by atoms with Gasteiger partial charge in [0.2, 0.25) is 0 Å². The molecule has 6 heterocycles. The van der Waals surface area contributed by atoms with E-state index in [0.29, 0.717) is 13.1 Å². The van der Waals surface area contributed by atoms with Crippen LogP contribution in [0.25, 0.3) is 11.0 Å². The van der Waals surface area contributed by atoms with Gasteiger partial charge in [-0.05, 0) is 79.2 Å². The Kier molecular flexibility index (Phi) is 6.90. The van der Waals surface area contributed by atoms with Crippen molar-refractivity contribution < 1.29 is 23.7 Å². The molecule has 0 unspecified atom stereocenters. The first-order chi connectivity index (χ1) is 18.5. The Morgan fingerprint density at radius 1 is 1.13 bits per heavy atom. The number of carbonyl (C=O) groups excluding carboxylic acids is 1. The zero-order valence-electron chi connectivity index (χ0n) is 23.9. The molecular weight excluding hydrogens is 518 g/mol. The summed E-state index contributed by atoms with van der Waals surface area (Å²) in [5.74, 6) is -0.681. The van der Waals surface area contributed by atoms with Gasteiger partial charge < -0.3 is 28.4 Å². The molecule has 11 heteroatoms. The van der Waals surface area contributed by atoms with Gasteiger partial charge in [-0.1, -0.05) is 0 Å². The first-order valence-electron chi connectivity index (χ1n) is 14.1. The fourth-order valence-electron chi connectivity index (χ4n) is 6.84. The number of nitrogens with zero attached hydrogens (tertiary/aromatic N) is 5. The number of carbonyl (C=O) groups is 1. The lowest BCUT2D eigenvalue weighted by atomic mass is 9.84. The number of fused-ring (bicyclic) bond motifs is 2. The third kappa shape index (κ3) is 5.05. The van der Waals surface area contributed by atoms with Gasteiger partial charge in [-0.2, -0.15) is 0 Å². The van der Waals surface area contributed by atoms with E-state index in [2.05, 4.69) is 25.5 Å². The number of likely N-dealkylation sites (tertiary alicyclic amines) is 2. The molecule has 0 aliphatic carbocycles. The summed E-state index contributed by atoms with van der Waals surface area (Å²) in [5.41, 5.74) is 0.438. The molecular formula is C28H41N5O5S. The third-order valence-electron chi connectivity index (χ3n) is 8.55. The van der Waals surface area contributed by atoms with Gasteiger partial charge in [0.05, 0.1) is 5.39 Å². The minimum atomic E-state index is -0.681. The van der Waals surface area contributed by atoms with Gasteiger partial charge in [-0.15, -0.1) is 11.8 Å². The van der Waals surface area contributed by atoms with Crippen LogP contribution < -0.4 is 0 Å². The van der Waals surface area contributed by atoms with E-state index in [4.69, 9.17) is 18.9 Å². The second-order valence-corrected chi connectivity index (χ2v) is 13.5. The van der Waals surface area contributed by atoms with Gasteiger partial charge in [0.1, 0.15) is 40.9 Å². The summed E-state index contributed by atoms with van der Waals surface area (Å²) in [5, 5.41) is 1.97. The summed E-state index contributed by atoms with van der Waals surface area (Å²) < 4.78 is 27.4. The van der Waals surface area contributed by atoms with Crippen molar-refractivity contribution >= 4 is 28.9 Å². The van der Waals surface area contributed by atoms with Crippen LogP contribution in [-0.4, -0.2) is 98.1 Å². The first kappa shape index (κ1) is 27.3. The predicted octanol–water partition coefficient (Wildman–Crippen LogP) is 4.44. The Hall–Kier alpha value is -1.92. The molecule has 2 aromatic rings. The fourth-order valence-corrected chi connectivity index (χ4v) is 7.37. The molecule has 4 aliphatic rings. The maximum absolute atomic E-state index is 12.7. The standard InChI is InChI=1S/C28H41N5O5S/c1-26(2,3)38-25(34)31-14-10-28(11-15-31)9-7-12-32(28)16-19-20-21(37-27(4,5)36-20)24(35-19)33-13-8-18-22(33)29-17-30-23(18)39-6/h8,13,17,19-21,24H,7,9-12,14-16H2,1-6H3/t19-,20-,21-,24-/m1/s1. The first-order valence-corrected chi connectivity index (χ1v) is 15.3. The number of piperidine rings is 1. The van der Waals surface area contributed by atoms with Crippen molar-refractivity contribution in [3.63, 3.8) is 0 Å². The van der Waals surface area contributed by atoms with E-state index >= 15 is 0 Å². The molecule has 0 radical (unpaired) electrons. The van der Waals surface area contributed by atoms with Gasteiger partial charge in [0.15, 0.2) is 12.0 Å². The highest BCUT2D eigenvalue weighted by Gasteiger charge is 2.57. The van der Waals surface area contributed by atoms with Crippen LogP contribution in [0, 0.1) is 0 Å². The van der Waals surface area contributed by atoms with Crippen LogP contribution in [0.15, 0.2) is 23.6 Å². The zero-order chi connectivity index (χ0) is 27.6. The quantitative estimate of drug-likeness (QED) is 0.398. The molecule has 1 spiro atoms. The zero-order valence-corrected chi connectivity index (χ0v) is 24.7. The van der Waals surface area contributed by atoms with Crippen molar-refractivity contribution in [3.05, 3.63) is 18.6 Å². The van der Waals surface area contributed by atoms with Crippen molar-refractivity contribution in [1.82, 2.24) is 24.3 Å². The van der Waals surface area contributed by atoms with Gasteiger partial charge in [0.25, 0.3) is 0 Å². The molecule has 214 valence electrons. The van der Waals surface area contributed by atoms with E-state index in [1.54, 1.807) is 18.1 Å². The molecule has 0 N–H and O–H groups in total. The summed E-state index contributed by atoms with van der Waals surface area (Å²) in [6.45, 7) is 12.9. The average molecular weight is 560 g/mol. The Bertz CT molecular complexity index is 1220. The molecule has 0 bridgehead atoms. The Morgan fingerprint density at radius 3 is 2.59 bits per heavy atom. The maximum atomic E-state index is 12.7. The molecule has 4 fully saturated rings. The number of thioether (sulfide) groups is 1. The monoisotopic (exact) mass is 559 g/mol. The van der Waals surface area contributed by atoms with Gasteiger partial charge >= 0.3 is 6.09 Å². The summed E-state index contributed by atoms with van der Waals surface area (Å²) in [6, 6.07) is 2.06. The van der Waals surface area contributed by atoms with Crippen LogP contribution in [0.2, 0.25) is 0 Å². The minimum absolute atomic E-state index is 0.0745. The van der Waals surface area contributed by atoms with Crippen LogP contribution in [0.4, 0.5) is 4.79 Å². The lowest BCUT2D eigenvalue weighted by molar-refractivity contribution is -0.199. The summed E-state index contributed by atoms with van der Waals surface area (Å²) >= 11 is 1.61. The predicted molar refractivity (Wildman–Crippen MR) is 148 cm³/mol. The van der Waals surface area contributed by atoms with E-state index in [0.717, 1.165) is 54.8 Å². The molecule has 0 aromatic carbocycles. The molecule has 2 aromatic heterocycles. The molecule has 4 aliphatic heterocycles. The Balaban J connectivity index is 1.20. The van der Waals surface area contributed by atoms with Gasteiger partial charge in [0, 0.05) is 31.4 Å². The van der Waals surface area contributed by atoms with E-state index in [-0.39, 0.29) is 36.2 Å². The van der Waals surface area contributed by atoms with Crippen molar-refractivity contribution in [2.45, 2.75) is 107 Å². The van der Waals surface area contributed by atoms with E-state index < -0.39 is 11.4 Å². The molecule has 0 saturated carbocycles. The van der Waals surface area contributed by atoms with E-state index in [9.17, 15) is 4.79 Å². The van der Waals surface area contributed by atoms with Crippen molar-refractivity contribution in [2.75, 3.05) is 32.4 Å². The molecule has 1 amide bonds. The topological polar surface area (TPSA) is 91.2 Å². The van der Waals surface area contributed by atoms with Crippen LogP contribution in [0.1, 0.15) is 66.5 Å². The molecule has 4 atom stereocenters. The van der Waals surface area contributed by atoms with Crippen LogP contribution in [-0.2, 0) is 18.9 Å². The van der Waals surface area contributed by atoms with Crippen LogP contribution in [0.5, 0.6) is 0 Å². The van der Waals surface area contributed by atoms with E-state index in [1.165, 1.54) is 0 Å². The van der Waals surface area contributed by atoms with Crippen molar-refractivity contribution in [1.29, 1.82) is 0 Å². The van der Waals surface area contributed by atoms with E-state index in [1.807, 2.05) is 52.0 Å². The summed E-state index contributed by atoms with van der Waals surface area (Å²) in [4.78, 5) is 26.2. The third-order valence-corrected chi connectivity index (χ3v) is 9.26. The van der Waals surface area contributed by atoms with Crippen LogP contribution >= 0.6 is 11.8 Å². The lowest BCUT2D eigenvalue weighted by Gasteiger charge is -2.46. The highest BCUT2D eigenvalue weighted by Crippen LogP contribution is 2.46. The molecule has 6 rings (SSSR count). The van der Waals surface area contributed by atoms with Gasteiger partial charge in [-0.3, -0.25) is 4.90 Å². The van der Waals surface area contributed by atoms with Crippen molar-refractivity contribution in [2.24, 2.45) is 0 Å². The molecule has 39 heavy (non-hydrogen) atoms. The number of hydrogen-bond acceptors (Lipinski definition) is 9. The molecule has 4 saturated heterocycles. The number of ether oxygens (including phenoxy) is 4. The smallest absolute Gasteiger partial charge is 0.410 e. The second-order valence-electron chi connectivity index (χ2n) is 12.7. The van der Waals surface area contributed by atoms with Crippen LogP contribution in [0.3, 0.4) is 0 Å². The maximum Gasteiger partial charge on any atom is 0.410 e.